The van der Waals surface area contributed by atoms with E-state index in [9.17, 15) is 19.2 Å². The number of piperazine rings is 1. The van der Waals surface area contributed by atoms with Crippen molar-refractivity contribution in [2.24, 2.45) is 0 Å². The molecular weight excluding hydrogens is 504 g/mol. The lowest BCUT2D eigenvalue weighted by Gasteiger charge is -2.54. The number of fused-ring (bicyclic) bond motifs is 1. The van der Waals surface area contributed by atoms with Crippen LogP contribution in [0.3, 0.4) is 0 Å². The first-order valence-electron chi connectivity index (χ1n) is 13.3. The second-order valence-corrected chi connectivity index (χ2v) is 10.8. The molecule has 1 aliphatic rings. The minimum atomic E-state index is -0.650. The number of nitrogens with zero attached hydrogens (tertiary/aromatic N) is 7. The standard InChI is InChI=1S/C28H33F2N7O2/c1-5-36(38)8-10-37(39,11-9-36)17-20-6-7-22(31-15-20)14-26-32-16-24(30)27(34-26)21-12-23(29)28-25(13-21)35(18(2)3)19(4)33-28/h6-7,12-13,15-16,18H,5,8-11,14,17H2,1-4H3. The minimum absolute atomic E-state index is 0.00871. The van der Waals surface area contributed by atoms with Gasteiger partial charge in [0, 0.05) is 29.1 Å². The van der Waals surface area contributed by atoms with Crippen molar-refractivity contribution in [1.82, 2.24) is 24.5 Å². The van der Waals surface area contributed by atoms with E-state index in [-0.39, 0.29) is 48.0 Å². The number of halogens is 2. The topological polar surface area (TPSA) is 103 Å². The maximum atomic E-state index is 15.0. The van der Waals surface area contributed by atoms with Crippen LogP contribution >= 0.6 is 0 Å². The molecule has 5 rings (SSSR count). The monoisotopic (exact) mass is 537 g/mol. The minimum Gasteiger partial charge on any atom is -0.632 e. The molecule has 11 heteroatoms. The van der Waals surface area contributed by atoms with Crippen LogP contribution in [0, 0.1) is 29.0 Å². The Labute approximate surface area is 226 Å². The SMILES string of the molecule is CC[N+]1([O-])CC[N+]([O-])(Cc2ccc(Cc3ncc(F)c(-c4cc(F)c5nc(C)n(C(C)C)c5c4)n3)nc2)CC1. The summed E-state index contributed by atoms with van der Waals surface area (Å²) in [4.78, 5) is 17.3. The fourth-order valence-corrected chi connectivity index (χ4v) is 5.32. The van der Waals surface area contributed by atoms with Gasteiger partial charge in [0.05, 0.1) is 24.7 Å². The lowest BCUT2D eigenvalue weighted by Crippen LogP contribution is -2.61. The average molecular weight is 538 g/mol. The number of hydroxylamine groups is 6. The van der Waals surface area contributed by atoms with Gasteiger partial charge in [-0.2, -0.15) is 0 Å². The van der Waals surface area contributed by atoms with E-state index in [0.717, 1.165) is 11.8 Å². The second kappa shape index (κ2) is 10.3. The molecule has 39 heavy (non-hydrogen) atoms. The molecule has 0 spiro atoms. The molecule has 1 saturated heterocycles. The molecule has 0 N–H and O–H groups in total. The van der Waals surface area contributed by atoms with E-state index >= 15 is 0 Å². The normalized spacial score (nSPS) is 21.7. The second-order valence-electron chi connectivity index (χ2n) is 10.8. The highest BCUT2D eigenvalue weighted by atomic mass is 19.1. The van der Waals surface area contributed by atoms with Crippen LogP contribution in [0.15, 0.2) is 36.7 Å². The van der Waals surface area contributed by atoms with Crippen molar-refractivity contribution >= 4 is 11.0 Å². The summed E-state index contributed by atoms with van der Waals surface area (Å²) in [6.07, 6.45) is 2.99. The van der Waals surface area contributed by atoms with Crippen molar-refractivity contribution in [3.8, 4) is 11.3 Å². The predicted molar refractivity (Wildman–Crippen MR) is 144 cm³/mol. The van der Waals surface area contributed by atoms with Crippen LogP contribution in [0.5, 0.6) is 0 Å². The Kier molecular flexibility index (Phi) is 7.19. The Morgan fingerprint density at radius 1 is 0.949 bits per heavy atom. The first-order valence-corrected chi connectivity index (χ1v) is 13.3. The lowest BCUT2D eigenvalue weighted by molar-refractivity contribution is -0.994. The lowest BCUT2D eigenvalue weighted by atomic mass is 10.1. The molecule has 1 aromatic carbocycles. The Bertz CT molecular complexity index is 1500. The van der Waals surface area contributed by atoms with Gasteiger partial charge in [-0.05, 0) is 45.9 Å². The number of quaternary nitrogens is 2. The smallest absolute Gasteiger partial charge is 0.167 e. The van der Waals surface area contributed by atoms with Crippen LogP contribution in [0.25, 0.3) is 22.3 Å². The van der Waals surface area contributed by atoms with Crippen LogP contribution < -0.4 is 0 Å². The number of imidazole rings is 1. The fraction of sp³-hybridized carbons (Fsp3) is 0.429. The van der Waals surface area contributed by atoms with Crippen LogP contribution in [0.2, 0.25) is 0 Å². The number of aryl methyl sites for hydroxylation is 1. The molecule has 4 heterocycles. The Balaban J connectivity index is 1.35. The number of rotatable bonds is 7. The van der Waals surface area contributed by atoms with Crippen molar-refractivity contribution in [2.45, 2.75) is 46.7 Å². The van der Waals surface area contributed by atoms with E-state index in [2.05, 4.69) is 19.9 Å². The summed E-state index contributed by atoms with van der Waals surface area (Å²) in [6, 6.07) is 6.65. The van der Waals surface area contributed by atoms with E-state index in [0.29, 0.717) is 48.1 Å². The summed E-state index contributed by atoms with van der Waals surface area (Å²) in [6.45, 7) is 9.59. The van der Waals surface area contributed by atoms with Crippen LogP contribution in [0.1, 0.15) is 49.7 Å². The van der Waals surface area contributed by atoms with Crippen molar-refractivity contribution in [3.63, 3.8) is 0 Å². The van der Waals surface area contributed by atoms with Crippen LogP contribution in [-0.4, -0.2) is 66.5 Å². The molecule has 9 nitrogen and oxygen atoms in total. The van der Waals surface area contributed by atoms with Gasteiger partial charge in [-0.3, -0.25) is 4.98 Å². The summed E-state index contributed by atoms with van der Waals surface area (Å²) < 4.78 is 31.0. The molecule has 0 radical (unpaired) electrons. The molecule has 0 amide bonds. The van der Waals surface area contributed by atoms with E-state index in [1.165, 1.54) is 6.07 Å². The third-order valence-electron chi connectivity index (χ3n) is 7.61. The third-order valence-corrected chi connectivity index (χ3v) is 7.61. The Morgan fingerprint density at radius 2 is 1.67 bits per heavy atom. The number of hydrogen-bond donors (Lipinski definition) is 0. The number of benzene rings is 1. The highest BCUT2D eigenvalue weighted by Crippen LogP contribution is 2.30. The fourth-order valence-electron chi connectivity index (χ4n) is 5.32. The van der Waals surface area contributed by atoms with Gasteiger partial charge >= 0.3 is 0 Å². The predicted octanol–water partition coefficient (Wildman–Crippen LogP) is 4.81. The van der Waals surface area contributed by atoms with E-state index in [4.69, 9.17) is 0 Å². The summed E-state index contributed by atoms with van der Waals surface area (Å²) in [7, 11) is 0. The maximum absolute atomic E-state index is 15.0. The molecule has 0 unspecified atom stereocenters. The number of likely N-dealkylation sites (N-methyl/N-ethyl adjacent to an activating group) is 1. The highest BCUT2D eigenvalue weighted by molar-refractivity contribution is 5.82. The first-order chi connectivity index (χ1) is 18.5. The van der Waals surface area contributed by atoms with Gasteiger partial charge in [-0.1, -0.05) is 6.07 Å². The highest BCUT2D eigenvalue weighted by Gasteiger charge is 2.31. The van der Waals surface area contributed by atoms with Crippen LogP contribution in [0.4, 0.5) is 8.78 Å². The van der Waals surface area contributed by atoms with Crippen LogP contribution in [-0.2, 0) is 13.0 Å². The molecule has 0 aliphatic carbocycles. The number of pyridine rings is 1. The summed E-state index contributed by atoms with van der Waals surface area (Å²) in [5.41, 5.74) is 2.58. The van der Waals surface area contributed by atoms with Gasteiger partial charge in [0.15, 0.2) is 11.6 Å². The van der Waals surface area contributed by atoms with E-state index in [1.807, 2.05) is 38.3 Å². The molecular formula is C28H33F2N7O2. The summed E-state index contributed by atoms with van der Waals surface area (Å²) in [5, 5.41) is 25.5. The van der Waals surface area contributed by atoms with Gasteiger partial charge < -0.3 is 24.3 Å². The Hall–Kier alpha value is -3.38. The molecule has 1 fully saturated rings. The molecule has 206 valence electrons. The molecule has 1 aliphatic heterocycles. The molecule has 4 aromatic rings. The first kappa shape index (κ1) is 27.2. The summed E-state index contributed by atoms with van der Waals surface area (Å²) >= 11 is 0. The quantitative estimate of drug-likeness (QED) is 0.248. The average Bonchev–Trinajstić information content (AvgIpc) is 3.25. The third kappa shape index (κ3) is 5.53. The molecule has 0 atom stereocenters. The molecule has 0 bridgehead atoms. The van der Waals surface area contributed by atoms with Crippen molar-refractivity contribution in [1.29, 1.82) is 0 Å². The number of hydrogen-bond acceptors (Lipinski definition) is 6. The largest absolute Gasteiger partial charge is 0.632 e. The summed E-state index contributed by atoms with van der Waals surface area (Å²) in [5.74, 6) is -0.168. The Morgan fingerprint density at radius 3 is 2.31 bits per heavy atom. The van der Waals surface area contributed by atoms with Gasteiger partial charge in [-0.15, -0.1) is 0 Å². The van der Waals surface area contributed by atoms with E-state index in [1.54, 1.807) is 18.3 Å². The van der Waals surface area contributed by atoms with Crippen molar-refractivity contribution in [3.05, 3.63) is 81.6 Å². The molecule has 3 aromatic heterocycles. The number of aromatic nitrogens is 5. The van der Waals surface area contributed by atoms with Gasteiger partial charge in [0.25, 0.3) is 0 Å². The zero-order chi connectivity index (χ0) is 27.9. The maximum Gasteiger partial charge on any atom is 0.167 e. The van der Waals surface area contributed by atoms with Gasteiger partial charge in [-0.25, -0.2) is 23.7 Å². The van der Waals surface area contributed by atoms with E-state index < -0.39 is 16.3 Å². The van der Waals surface area contributed by atoms with Gasteiger partial charge in [0.1, 0.15) is 55.6 Å². The zero-order valence-electron chi connectivity index (χ0n) is 22.7. The van der Waals surface area contributed by atoms with Gasteiger partial charge in [0.2, 0.25) is 0 Å². The van der Waals surface area contributed by atoms with Crippen molar-refractivity contribution < 1.29 is 18.1 Å². The molecule has 0 saturated carbocycles. The van der Waals surface area contributed by atoms with Crippen molar-refractivity contribution in [2.75, 3.05) is 32.7 Å². The zero-order valence-corrected chi connectivity index (χ0v) is 22.7.